The van der Waals surface area contributed by atoms with Crippen LogP contribution in [0.5, 0.6) is 23.0 Å². The van der Waals surface area contributed by atoms with E-state index in [4.69, 9.17) is 20.9 Å². The van der Waals surface area contributed by atoms with Crippen LogP contribution in [-0.2, 0) is 19.2 Å². The fourth-order valence-corrected chi connectivity index (χ4v) is 7.68. The highest BCUT2D eigenvalue weighted by molar-refractivity contribution is 6.33. The number of ether oxygens (including phenoxy) is 2. The van der Waals surface area contributed by atoms with Gasteiger partial charge in [0.1, 0.15) is 11.5 Å². The van der Waals surface area contributed by atoms with Crippen LogP contribution in [0.1, 0.15) is 40.0 Å². The smallest absolute Gasteiger partial charge is 0.262 e. The second kappa shape index (κ2) is 13.5. The standard InChI is InChI=1S/C42H40N4O6/c1-25(2)26-18-19-42(3,33-24-39(48)46(41(33)50)35-15-5-7-17-37(35)52-30-13-9-11-28(44)22-30)32(20-26)31-23-38(47)45(40(31)49)34-14-4-6-16-36(34)51-29-12-8-10-27(43)21-29/h4-17,21-26,32H,18-20,43-44H2,1-3H3. The van der Waals surface area contributed by atoms with Crippen molar-refractivity contribution in [3.8, 4) is 23.0 Å². The summed E-state index contributed by atoms with van der Waals surface area (Å²) >= 11 is 0. The molecule has 0 radical (unpaired) electrons. The molecule has 0 saturated heterocycles. The molecule has 2 heterocycles. The normalized spacial score (nSPS) is 21.8. The lowest BCUT2D eigenvalue weighted by atomic mass is 9.57. The Morgan fingerprint density at radius 1 is 0.692 bits per heavy atom. The summed E-state index contributed by atoms with van der Waals surface area (Å²) in [6.07, 6.45) is 4.65. The van der Waals surface area contributed by atoms with Gasteiger partial charge in [-0.1, -0.05) is 57.2 Å². The second-order valence-corrected chi connectivity index (χ2v) is 14.1. The Morgan fingerprint density at radius 3 is 1.75 bits per heavy atom. The van der Waals surface area contributed by atoms with Gasteiger partial charge in [-0.15, -0.1) is 0 Å². The first-order chi connectivity index (χ1) is 24.9. The molecular formula is C42H40N4O6. The van der Waals surface area contributed by atoms with Gasteiger partial charge >= 0.3 is 0 Å². The Morgan fingerprint density at radius 2 is 1.21 bits per heavy atom. The van der Waals surface area contributed by atoms with Crippen molar-refractivity contribution in [2.45, 2.75) is 40.0 Å². The fourth-order valence-electron chi connectivity index (χ4n) is 7.68. The molecule has 1 saturated carbocycles. The minimum atomic E-state index is -0.939. The number of amides is 4. The van der Waals surface area contributed by atoms with Crippen LogP contribution < -0.4 is 30.7 Å². The van der Waals surface area contributed by atoms with E-state index in [9.17, 15) is 19.2 Å². The van der Waals surface area contributed by atoms with E-state index in [2.05, 4.69) is 13.8 Å². The molecule has 3 aliphatic rings. The first-order valence-electron chi connectivity index (χ1n) is 17.4. The van der Waals surface area contributed by atoms with Gasteiger partial charge in [0.2, 0.25) is 0 Å². The maximum Gasteiger partial charge on any atom is 0.262 e. The van der Waals surface area contributed by atoms with E-state index in [1.54, 1.807) is 97.1 Å². The molecule has 0 aromatic heterocycles. The number of hydrogen-bond donors (Lipinski definition) is 2. The Bertz CT molecular complexity index is 2170. The monoisotopic (exact) mass is 696 g/mol. The van der Waals surface area contributed by atoms with Crippen molar-refractivity contribution in [1.29, 1.82) is 0 Å². The first-order valence-corrected chi connectivity index (χ1v) is 17.4. The number of hydrogen-bond acceptors (Lipinski definition) is 8. The third kappa shape index (κ3) is 6.21. The van der Waals surface area contributed by atoms with Gasteiger partial charge in [-0.2, -0.15) is 0 Å². The molecule has 10 nitrogen and oxygen atoms in total. The molecule has 7 rings (SSSR count). The van der Waals surface area contributed by atoms with E-state index < -0.39 is 35.0 Å². The van der Waals surface area contributed by atoms with Crippen molar-refractivity contribution in [3.63, 3.8) is 0 Å². The summed E-state index contributed by atoms with van der Waals surface area (Å²) < 4.78 is 12.2. The molecule has 3 unspecified atom stereocenters. The number of rotatable bonds is 9. The topological polar surface area (TPSA) is 145 Å². The number of nitrogens with two attached hydrogens (primary N) is 2. The van der Waals surface area contributed by atoms with Gasteiger partial charge in [-0.3, -0.25) is 19.2 Å². The molecule has 3 atom stereocenters. The molecule has 4 aromatic rings. The highest BCUT2D eigenvalue weighted by atomic mass is 16.5. The van der Waals surface area contributed by atoms with E-state index in [1.165, 1.54) is 12.2 Å². The SMILES string of the molecule is CC(C)C1CCC(C)(C2=CC(=O)N(c3ccccc3Oc3cccc(N)c3)C2=O)C(C2=CC(=O)N(c3ccccc3Oc3cccc(N)c3)C2=O)C1. The van der Waals surface area contributed by atoms with Crippen molar-refractivity contribution < 1.29 is 28.7 Å². The van der Waals surface area contributed by atoms with Crippen LogP contribution in [0.3, 0.4) is 0 Å². The summed E-state index contributed by atoms with van der Waals surface area (Å²) in [6.45, 7) is 6.21. The maximum absolute atomic E-state index is 14.5. The molecule has 4 amide bonds. The Kier molecular flexibility index (Phi) is 8.92. The Labute approximate surface area is 302 Å². The number of imide groups is 2. The Hall–Kier alpha value is -6.16. The summed E-state index contributed by atoms with van der Waals surface area (Å²) in [5.74, 6) is -0.450. The Balaban J connectivity index is 1.21. The van der Waals surface area contributed by atoms with Crippen molar-refractivity contribution >= 4 is 46.4 Å². The van der Waals surface area contributed by atoms with Gasteiger partial charge in [0.05, 0.1) is 11.4 Å². The fraction of sp³-hybridized carbons (Fsp3) is 0.238. The lowest BCUT2D eigenvalue weighted by Gasteiger charge is -2.46. The minimum absolute atomic E-state index is 0.228. The quantitative estimate of drug-likeness (QED) is 0.133. The third-order valence-corrected chi connectivity index (χ3v) is 10.5. The van der Waals surface area contributed by atoms with Crippen molar-refractivity contribution in [2.24, 2.45) is 23.2 Å². The molecule has 2 aliphatic heterocycles. The van der Waals surface area contributed by atoms with Crippen LogP contribution in [-0.4, -0.2) is 23.6 Å². The second-order valence-electron chi connectivity index (χ2n) is 14.1. The number of para-hydroxylation sites is 4. The lowest BCUT2D eigenvalue weighted by molar-refractivity contribution is -0.123. The van der Waals surface area contributed by atoms with E-state index in [1.807, 2.05) is 6.92 Å². The van der Waals surface area contributed by atoms with Crippen LogP contribution in [0.25, 0.3) is 0 Å². The molecule has 10 heteroatoms. The summed E-state index contributed by atoms with van der Waals surface area (Å²) in [5.41, 5.74) is 13.2. The van der Waals surface area contributed by atoms with Gasteiger partial charge in [0, 0.05) is 52.2 Å². The summed E-state index contributed by atoms with van der Waals surface area (Å²) in [4.78, 5) is 58.8. The maximum atomic E-state index is 14.5. The lowest BCUT2D eigenvalue weighted by Crippen LogP contribution is -2.44. The van der Waals surface area contributed by atoms with Crippen molar-refractivity contribution in [2.75, 3.05) is 21.3 Å². The number of anilines is 4. The van der Waals surface area contributed by atoms with Crippen LogP contribution in [0.15, 0.2) is 120 Å². The minimum Gasteiger partial charge on any atom is -0.455 e. The molecule has 4 N–H and O–H groups in total. The summed E-state index contributed by atoms with van der Waals surface area (Å²) in [5, 5.41) is 0. The number of benzene rings is 4. The van der Waals surface area contributed by atoms with E-state index in [-0.39, 0.29) is 11.6 Å². The number of carbonyl (C=O) groups excluding carboxylic acids is 4. The zero-order valence-electron chi connectivity index (χ0n) is 29.2. The van der Waals surface area contributed by atoms with Gasteiger partial charge < -0.3 is 20.9 Å². The zero-order chi connectivity index (χ0) is 36.7. The molecule has 1 aliphatic carbocycles. The van der Waals surface area contributed by atoms with E-state index in [0.29, 0.717) is 70.0 Å². The van der Waals surface area contributed by atoms with Gasteiger partial charge in [-0.05, 0) is 85.5 Å². The average Bonchev–Trinajstić information content (AvgIpc) is 3.58. The highest BCUT2D eigenvalue weighted by Crippen LogP contribution is 2.55. The average molecular weight is 697 g/mol. The predicted octanol–water partition coefficient (Wildman–Crippen LogP) is 7.81. The van der Waals surface area contributed by atoms with Gasteiger partial charge in [0.25, 0.3) is 23.6 Å². The number of nitrogen functional groups attached to an aromatic ring is 2. The van der Waals surface area contributed by atoms with Crippen LogP contribution in [0.2, 0.25) is 0 Å². The van der Waals surface area contributed by atoms with Gasteiger partial charge in [0.15, 0.2) is 11.5 Å². The van der Waals surface area contributed by atoms with Gasteiger partial charge in [-0.25, -0.2) is 9.80 Å². The molecule has 1 fully saturated rings. The van der Waals surface area contributed by atoms with Crippen LogP contribution in [0, 0.1) is 23.2 Å². The largest absolute Gasteiger partial charge is 0.455 e. The van der Waals surface area contributed by atoms with E-state index >= 15 is 0 Å². The molecule has 264 valence electrons. The number of carbonyl (C=O) groups is 4. The molecule has 0 spiro atoms. The molecule has 0 bridgehead atoms. The van der Waals surface area contributed by atoms with Crippen molar-refractivity contribution in [3.05, 3.63) is 120 Å². The molecule has 52 heavy (non-hydrogen) atoms. The summed E-state index contributed by atoms with van der Waals surface area (Å²) in [7, 11) is 0. The molecule has 4 aromatic carbocycles. The summed E-state index contributed by atoms with van der Waals surface area (Å²) in [6, 6.07) is 27.4. The number of nitrogens with zero attached hydrogens (tertiary/aromatic N) is 2. The third-order valence-electron chi connectivity index (χ3n) is 10.5. The zero-order valence-corrected chi connectivity index (χ0v) is 29.2. The first kappa shape index (κ1) is 34.3. The van der Waals surface area contributed by atoms with Crippen LogP contribution >= 0.6 is 0 Å². The predicted molar refractivity (Wildman–Crippen MR) is 200 cm³/mol. The van der Waals surface area contributed by atoms with Crippen LogP contribution in [0.4, 0.5) is 22.7 Å². The highest BCUT2D eigenvalue weighted by Gasteiger charge is 2.53. The molecular weight excluding hydrogens is 656 g/mol. The van der Waals surface area contributed by atoms with E-state index in [0.717, 1.165) is 16.2 Å². The van der Waals surface area contributed by atoms with Crippen molar-refractivity contribution in [1.82, 2.24) is 0 Å².